The van der Waals surface area contributed by atoms with Crippen molar-refractivity contribution in [3.05, 3.63) is 36.2 Å². The zero-order chi connectivity index (χ0) is 13.9. The van der Waals surface area contributed by atoms with Crippen molar-refractivity contribution < 1.29 is 4.74 Å². The molecule has 2 heterocycles. The van der Waals surface area contributed by atoms with Gasteiger partial charge in [0.2, 0.25) is 0 Å². The summed E-state index contributed by atoms with van der Waals surface area (Å²) in [6.07, 6.45) is 3.38. The van der Waals surface area contributed by atoms with E-state index in [2.05, 4.69) is 40.5 Å². The molecule has 0 N–H and O–H groups in total. The Morgan fingerprint density at radius 1 is 1.40 bits per heavy atom. The lowest BCUT2D eigenvalue weighted by atomic mass is 10.0. The highest BCUT2D eigenvalue weighted by Gasteiger charge is 2.32. The highest BCUT2D eigenvalue weighted by Crippen LogP contribution is 2.33. The fourth-order valence-electron chi connectivity index (χ4n) is 2.59. The van der Waals surface area contributed by atoms with Gasteiger partial charge in [0.05, 0.1) is 0 Å². The van der Waals surface area contributed by atoms with Gasteiger partial charge in [0.25, 0.3) is 0 Å². The van der Waals surface area contributed by atoms with Crippen LogP contribution in [-0.2, 0) is 6.42 Å². The number of benzene rings is 1. The second-order valence-electron chi connectivity index (χ2n) is 5.38. The van der Waals surface area contributed by atoms with Crippen LogP contribution in [0.5, 0.6) is 5.75 Å². The summed E-state index contributed by atoms with van der Waals surface area (Å²) in [6.45, 7) is 0.961. The van der Waals surface area contributed by atoms with Crippen LogP contribution in [0.4, 0.5) is 0 Å². The Morgan fingerprint density at radius 2 is 2.25 bits per heavy atom. The molecular formula is C14H19N5O. The summed E-state index contributed by atoms with van der Waals surface area (Å²) in [7, 11) is 4.13. The molecule has 1 aliphatic heterocycles. The number of tetrazole rings is 1. The third-order valence-corrected chi connectivity index (χ3v) is 3.63. The number of ether oxygens (including phenoxy) is 1. The molecule has 6 heteroatoms. The van der Waals surface area contributed by atoms with Crippen LogP contribution in [0.2, 0.25) is 0 Å². The van der Waals surface area contributed by atoms with Gasteiger partial charge in [-0.15, -0.1) is 10.2 Å². The lowest BCUT2D eigenvalue weighted by Gasteiger charge is -2.23. The Morgan fingerprint density at radius 3 is 2.95 bits per heavy atom. The third-order valence-electron chi connectivity index (χ3n) is 3.63. The predicted octanol–water partition coefficient (Wildman–Crippen LogP) is 1.17. The summed E-state index contributed by atoms with van der Waals surface area (Å²) >= 11 is 0. The van der Waals surface area contributed by atoms with Crippen molar-refractivity contribution in [2.45, 2.75) is 25.0 Å². The van der Waals surface area contributed by atoms with Crippen LogP contribution >= 0.6 is 0 Å². The molecule has 2 atom stereocenters. The first-order chi connectivity index (χ1) is 9.74. The molecule has 3 rings (SSSR count). The van der Waals surface area contributed by atoms with Crippen LogP contribution in [0.25, 0.3) is 0 Å². The van der Waals surface area contributed by atoms with Crippen molar-refractivity contribution >= 4 is 0 Å². The number of hydrogen-bond acceptors (Lipinski definition) is 5. The largest absolute Gasteiger partial charge is 0.487 e. The Balaban J connectivity index is 1.77. The number of hydrogen-bond donors (Lipinski definition) is 0. The van der Waals surface area contributed by atoms with Crippen LogP contribution < -0.4 is 4.74 Å². The van der Waals surface area contributed by atoms with E-state index in [0.717, 1.165) is 25.1 Å². The normalized spacial score (nSPS) is 18.9. The molecule has 0 saturated carbocycles. The molecule has 1 aliphatic rings. The first kappa shape index (κ1) is 13.1. The van der Waals surface area contributed by atoms with E-state index in [1.54, 1.807) is 4.80 Å². The molecule has 2 unspecified atom stereocenters. The Labute approximate surface area is 118 Å². The highest BCUT2D eigenvalue weighted by atomic mass is 16.5. The monoisotopic (exact) mass is 273 g/mol. The van der Waals surface area contributed by atoms with Crippen LogP contribution in [-0.4, -0.2) is 51.9 Å². The van der Waals surface area contributed by atoms with E-state index >= 15 is 0 Å². The second-order valence-corrected chi connectivity index (χ2v) is 5.38. The average Bonchev–Trinajstić information content (AvgIpc) is 3.07. The zero-order valence-corrected chi connectivity index (χ0v) is 11.8. The van der Waals surface area contributed by atoms with Gasteiger partial charge in [0.1, 0.15) is 17.9 Å². The molecule has 0 radical (unpaired) electrons. The van der Waals surface area contributed by atoms with Crippen molar-refractivity contribution in [1.82, 2.24) is 25.1 Å². The third kappa shape index (κ3) is 2.65. The quantitative estimate of drug-likeness (QED) is 0.818. The van der Waals surface area contributed by atoms with E-state index in [1.165, 1.54) is 11.9 Å². The summed E-state index contributed by atoms with van der Waals surface area (Å²) < 4.78 is 6.08. The van der Waals surface area contributed by atoms with E-state index in [4.69, 9.17) is 4.74 Å². The number of nitrogens with zero attached hydrogens (tertiary/aromatic N) is 5. The highest BCUT2D eigenvalue weighted by molar-refractivity contribution is 5.37. The van der Waals surface area contributed by atoms with Gasteiger partial charge in [-0.05, 0) is 43.9 Å². The van der Waals surface area contributed by atoms with E-state index in [-0.39, 0.29) is 12.1 Å². The molecule has 0 bridgehead atoms. The number of aromatic nitrogens is 4. The molecular weight excluding hydrogens is 254 g/mol. The molecule has 106 valence electrons. The minimum absolute atomic E-state index is 0.0709. The number of fused-ring (bicyclic) bond motifs is 1. The molecule has 0 saturated heterocycles. The molecule has 0 aliphatic carbocycles. The van der Waals surface area contributed by atoms with Crippen LogP contribution in [0.1, 0.15) is 18.0 Å². The summed E-state index contributed by atoms with van der Waals surface area (Å²) in [5.41, 5.74) is 1.26. The van der Waals surface area contributed by atoms with Crippen molar-refractivity contribution in [3.63, 3.8) is 0 Å². The van der Waals surface area contributed by atoms with Gasteiger partial charge in [0, 0.05) is 6.42 Å². The van der Waals surface area contributed by atoms with Crippen molar-refractivity contribution in [2.75, 3.05) is 20.6 Å². The Bertz CT molecular complexity index is 529. The molecule has 20 heavy (non-hydrogen) atoms. The SMILES string of the molecule is CN(C)CCC(C1Cc2ccccc2O1)n1ncnn1. The smallest absolute Gasteiger partial charge is 0.162 e. The standard InChI is InChI=1S/C14H19N5O/c1-18(2)8-7-12(19-16-10-15-17-19)14-9-11-5-3-4-6-13(11)20-14/h3-6,10,12,14H,7-9H2,1-2H3. The van der Waals surface area contributed by atoms with Crippen molar-refractivity contribution in [3.8, 4) is 5.75 Å². The molecule has 1 aromatic carbocycles. The van der Waals surface area contributed by atoms with E-state index < -0.39 is 0 Å². The minimum atomic E-state index is 0.0709. The predicted molar refractivity (Wildman–Crippen MR) is 74.6 cm³/mol. The maximum Gasteiger partial charge on any atom is 0.162 e. The van der Waals surface area contributed by atoms with Gasteiger partial charge in [-0.2, -0.15) is 4.80 Å². The van der Waals surface area contributed by atoms with E-state index in [1.807, 2.05) is 18.2 Å². The molecule has 0 fully saturated rings. The van der Waals surface area contributed by atoms with Crippen molar-refractivity contribution in [2.24, 2.45) is 0 Å². The second kappa shape index (κ2) is 5.58. The maximum atomic E-state index is 6.08. The van der Waals surface area contributed by atoms with E-state index in [0.29, 0.717) is 0 Å². The first-order valence-electron chi connectivity index (χ1n) is 6.86. The lowest BCUT2D eigenvalue weighted by Crippen LogP contribution is -2.32. The molecule has 2 aromatic rings. The molecule has 6 nitrogen and oxygen atoms in total. The van der Waals surface area contributed by atoms with Gasteiger partial charge >= 0.3 is 0 Å². The fraction of sp³-hybridized carbons (Fsp3) is 0.500. The lowest BCUT2D eigenvalue weighted by molar-refractivity contribution is 0.129. The minimum Gasteiger partial charge on any atom is -0.487 e. The van der Waals surface area contributed by atoms with E-state index in [9.17, 15) is 0 Å². The Kier molecular flexibility index (Phi) is 3.64. The Hall–Kier alpha value is -1.95. The summed E-state index contributed by atoms with van der Waals surface area (Å²) in [4.78, 5) is 3.84. The van der Waals surface area contributed by atoms with Gasteiger partial charge in [-0.1, -0.05) is 18.2 Å². The maximum absolute atomic E-state index is 6.08. The average molecular weight is 273 g/mol. The summed E-state index contributed by atoms with van der Waals surface area (Å²) in [5.74, 6) is 0.979. The van der Waals surface area contributed by atoms with Crippen LogP contribution in [0.3, 0.4) is 0 Å². The number of para-hydroxylation sites is 1. The first-order valence-corrected chi connectivity index (χ1v) is 6.86. The molecule has 1 aromatic heterocycles. The van der Waals surface area contributed by atoms with Crippen LogP contribution in [0.15, 0.2) is 30.6 Å². The van der Waals surface area contributed by atoms with Crippen molar-refractivity contribution in [1.29, 1.82) is 0 Å². The van der Waals surface area contributed by atoms with Gasteiger partial charge < -0.3 is 9.64 Å². The number of rotatable bonds is 5. The van der Waals surface area contributed by atoms with Gasteiger partial charge in [0.15, 0.2) is 6.33 Å². The molecule has 0 amide bonds. The summed E-state index contributed by atoms with van der Waals surface area (Å²) in [6, 6.07) is 8.30. The van der Waals surface area contributed by atoms with Gasteiger partial charge in [-0.3, -0.25) is 0 Å². The topological polar surface area (TPSA) is 56.1 Å². The summed E-state index contributed by atoms with van der Waals surface area (Å²) in [5, 5.41) is 12.1. The molecule has 0 spiro atoms. The van der Waals surface area contributed by atoms with Gasteiger partial charge in [-0.25, -0.2) is 0 Å². The zero-order valence-electron chi connectivity index (χ0n) is 11.8. The fourth-order valence-corrected chi connectivity index (χ4v) is 2.59. The van der Waals surface area contributed by atoms with Crippen LogP contribution in [0, 0.1) is 0 Å².